The molecule has 29 heavy (non-hydrogen) atoms. The van der Waals surface area contributed by atoms with Gasteiger partial charge in [0.2, 0.25) is 0 Å². The molecule has 0 bridgehead atoms. The number of hydrogen-bond acceptors (Lipinski definition) is 1. The van der Waals surface area contributed by atoms with E-state index in [2.05, 4.69) is 31.2 Å². The minimum atomic E-state index is -0.499. The van der Waals surface area contributed by atoms with Crippen LogP contribution in [0.4, 0.5) is 8.78 Å². The van der Waals surface area contributed by atoms with Gasteiger partial charge in [0, 0.05) is 5.56 Å². The molecule has 0 unspecified atom stereocenters. The van der Waals surface area contributed by atoms with E-state index in [1.54, 1.807) is 12.1 Å². The Morgan fingerprint density at radius 1 is 0.724 bits per heavy atom. The average Bonchev–Trinajstić information content (AvgIpc) is 2.74. The Labute approximate surface area is 171 Å². The first kappa shape index (κ1) is 19.6. The van der Waals surface area contributed by atoms with E-state index in [1.807, 2.05) is 6.07 Å². The summed E-state index contributed by atoms with van der Waals surface area (Å²) < 4.78 is 33.7. The Bertz CT molecular complexity index is 986. The highest BCUT2D eigenvalue weighted by molar-refractivity contribution is 5.71. The van der Waals surface area contributed by atoms with Gasteiger partial charge in [-0.25, -0.2) is 8.78 Å². The monoisotopic (exact) mass is 392 g/mol. The summed E-state index contributed by atoms with van der Waals surface area (Å²) in [4.78, 5) is 0. The first-order valence-corrected chi connectivity index (χ1v) is 10.3. The minimum absolute atomic E-state index is 0.151. The topological polar surface area (TPSA) is 9.23 Å². The molecule has 0 radical (unpaired) electrons. The van der Waals surface area contributed by atoms with E-state index in [-0.39, 0.29) is 11.6 Å². The van der Waals surface area contributed by atoms with E-state index in [4.69, 9.17) is 4.74 Å². The summed E-state index contributed by atoms with van der Waals surface area (Å²) in [6, 6.07) is 18.1. The van der Waals surface area contributed by atoms with Crippen LogP contribution in [0.5, 0.6) is 5.75 Å². The van der Waals surface area contributed by atoms with Gasteiger partial charge >= 0.3 is 0 Å². The minimum Gasteiger partial charge on any atom is -0.494 e. The lowest BCUT2D eigenvalue weighted by Crippen LogP contribution is -2.10. The molecule has 1 aliphatic carbocycles. The van der Waals surface area contributed by atoms with Crippen LogP contribution in [0, 0.1) is 17.6 Å². The number of rotatable bonds is 4. The summed E-state index contributed by atoms with van der Waals surface area (Å²) in [5.74, 6) is 0.771. The van der Waals surface area contributed by atoms with Crippen LogP contribution in [0.25, 0.3) is 22.3 Å². The molecule has 3 heteroatoms. The van der Waals surface area contributed by atoms with Gasteiger partial charge in [0.05, 0.1) is 7.11 Å². The molecule has 0 aromatic heterocycles. The Balaban J connectivity index is 1.55. The van der Waals surface area contributed by atoms with Gasteiger partial charge < -0.3 is 4.74 Å². The maximum absolute atomic E-state index is 14.8. The second-order valence-corrected chi connectivity index (χ2v) is 8.12. The van der Waals surface area contributed by atoms with E-state index >= 15 is 0 Å². The smallest absolute Gasteiger partial charge is 0.165 e. The number of methoxy groups -OCH3 is 1. The fourth-order valence-corrected chi connectivity index (χ4v) is 4.30. The predicted molar refractivity (Wildman–Crippen MR) is 114 cm³/mol. The van der Waals surface area contributed by atoms with Gasteiger partial charge in [0.15, 0.2) is 11.6 Å². The highest BCUT2D eigenvalue weighted by atomic mass is 19.1. The van der Waals surface area contributed by atoms with Crippen molar-refractivity contribution >= 4 is 0 Å². The van der Waals surface area contributed by atoms with Gasteiger partial charge in [-0.05, 0) is 65.1 Å². The van der Waals surface area contributed by atoms with E-state index in [0.717, 1.165) is 17.0 Å². The molecule has 0 heterocycles. The van der Waals surface area contributed by atoms with Crippen LogP contribution in [0.3, 0.4) is 0 Å². The molecule has 0 spiro atoms. The Morgan fingerprint density at radius 3 is 1.97 bits per heavy atom. The van der Waals surface area contributed by atoms with Gasteiger partial charge in [0.1, 0.15) is 5.82 Å². The maximum Gasteiger partial charge on any atom is 0.165 e. The zero-order chi connectivity index (χ0) is 20.4. The number of ether oxygens (including phenoxy) is 1. The summed E-state index contributed by atoms with van der Waals surface area (Å²) >= 11 is 0. The third-order valence-corrected chi connectivity index (χ3v) is 6.16. The molecule has 1 saturated carbocycles. The van der Waals surface area contributed by atoms with Crippen molar-refractivity contribution in [2.75, 3.05) is 7.11 Å². The third-order valence-electron chi connectivity index (χ3n) is 6.16. The van der Waals surface area contributed by atoms with Gasteiger partial charge in [-0.15, -0.1) is 0 Å². The van der Waals surface area contributed by atoms with E-state index in [1.165, 1.54) is 56.6 Å². The third kappa shape index (κ3) is 4.19. The van der Waals surface area contributed by atoms with Gasteiger partial charge in [0.25, 0.3) is 0 Å². The van der Waals surface area contributed by atoms with Crippen molar-refractivity contribution in [1.82, 2.24) is 0 Å². The Hall–Kier alpha value is -2.68. The molecule has 0 amide bonds. The fraction of sp³-hybridized carbons (Fsp3) is 0.308. The summed E-state index contributed by atoms with van der Waals surface area (Å²) in [6.45, 7) is 2.33. The molecule has 0 aliphatic heterocycles. The van der Waals surface area contributed by atoms with Crippen LogP contribution in [-0.2, 0) is 0 Å². The molecule has 1 fully saturated rings. The molecule has 150 valence electrons. The van der Waals surface area contributed by atoms with Gasteiger partial charge in [-0.2, -0.15) is 0 Å². The van der Waals surface area contributed by atoms with Crippen molar-refractivity contribution < 1.29 is 13.5 Å². The molecule has 4 rings (SSSR count). The van der Waals surface area contributed by atoms with Crippen LogP contribution in [-0.4, -0.2) is 7.11 Å². The largest absolute Gasteiger partial charge is 0.494 e. The lowest BCUT2D eigenvalue weighted by atomic mass is 9.79. The Morgan fingerprint density at radius 2 is 1.34 bits per heavy atom. The van der Waals surface area contributed by atoms with Crippen molar-refractivity contribution in [2.45, 2.75) is 38.5 Å². The van der Waals surface area contributed by atoms with Crippen LogP contribution >= 0.6 is 0 Å². The molecule has 1 aliphatic rings. The van der Waals surface area contributed by atoms with Crippen LogP contribution < -0.4 is 4.74 Å². The van der Waals surface area contributed by atoms with Gasteiger partial charge in [-0.3, -0.25) is 0 Å². The molecule has 3 aromatic rings. The van der Waals surface area contributed by atoms with Gasteiger partial charge in [-0.1, -0.05) is 62.2 Å². The highest BCUT2D eigenvalue weighted by Crippen LogP contribution is 2.36. The molecule has 3 aromatic carbocycles. The van der Waals surface area contributed by atoms with Crippen molar-refractivity contribution in [3.63, 3.8) is 0 Å². The fourth-order valence-electron chi connectivity index (χ4n) is 4.30. The molecular formula is C26H26F2O. The van der Waals surface area contributed by atoms with Crippen molar-refractivity contribution in [1.29, 1.82) is 0 Å². The lowest BCUT2D eigenvalue weighted by Gasteiger charge is -2.26. The zero-order valence-electron chi connectivity index (χ0n) is 16.9. The summed E-state index contributed by atoms with van der Waals surface area (Å²) in [5, 5.41) is 0. The summed E-state index contributed by atoms with van der Waals surface area (Å²) in [5.41, 5.74) is 4.07. The normalized spacial score (nSPS) is 19.2. The molecule has 0 saturated heterocycles. The SMILES string of the molecule is COc1ccc(-c2ccc(-c3ccc(C4CCC(C)CC4)cc3)cc2F)cc1F. The zero-order valence-corrected chi connectivity index (χ0v) is 16.9. The van der Waals surface area contributed by atoms with Crippen molar-refractivity contribution in [3.05, 3.63) is 77.9 Å². The van der Waals surface area contributed by atoms with Crippen molar-refractivity contribution in [3.8, 4) is 28.0 Å². The summed E-state index contributed by atoms with van der Waals surface area (Å²) in [7, 11) is 1.41. The maximum atomic E-state index is 14.8. The van der Waals surface area contributed by atoms with Crippen molar-refractivity contribution in [2.24, 2.45) is 5.92 Å². The second-order valence-electron chi connectivity index (χ2n) is 8.12. The van der Waals surface area contributed by atoms with Crippen LogP contribution in [0.2, 0.25) is 0 Å². The Kier molecular flexibility index (Phi) is 5.66. The first-order valence-electron chi connectivity index (χ1n) is 10.3. The molecule has 0 atom stereocenters. The standard InChI is InChI=1S/C26H26F2O/c1-17-3-5-18(6-4-17)19-7-9-20(10-8-19)21-11-13-23(24(27)15-21)22-12-14-26(29-2)25(28)16-22/h7-18H,3-6H2,1-2H3. The van der Waals surface area contributed by atoms with Crippen LogP contribution in [0.1, 0.15) is 44.1 Å². The quantitative estimate of drug-likeness (QED) is 0.444. The molecule has 1 nitrogen and oxygen atoms in total. The average molecular weight is 392 g/mol. The number of benzene rings is 3. The number of hydrogen-bond donors (Lipinski definition) is 0. The highest BCUT2D eigenvalue weighted by Gasteiger charge is 2.19. The molecule has 0 N–H and O–H groups in total. The molecular weight excluding hydrogens is 366 g/mol. The second kappa shape index (κ2) is 8.36. The van der Waals surface area contributed by atoms with Crippen LogP contribution in [0.15, 0.2) is 60.7 Å². The first-order chi connectivity index (χ1) is 14.0. The van der Waals surface area contributed by atoms with E-state index < -0.39 is 5.82 Å². The summed E-state index contributed by atoms with van der Waals surface area (Å²) in [6.07, 6.45) is 5.10. The predicted octanol–water partition coefficient (Wildman–Crippen LogP) is 7.60. The van der Waals surface area contributed by atoms with E-state index in [9.17, 15) is 8.78 Å². The lowest BCUT2D eigenvalue weighted by molar-refractivity contribution is 0.348. The van der Waals surface area contributed by atoms with E-state index in [0.29, 0.717) is 17.0 Å². The number of halogens is 2.